The Hall–Kier alpha value is -2.25. The van der Waals surface area contributed by atoms with Gasteiger partial charge in [0.05, 0.1) is 7.11 Å². The highest BCUT2D eigenvalue weighted by Gasteiger charge is 2.24. The van der Waals surface area contributed by atoms with Crippen molar-refractivity contribution < 1.29 is 14.6 Å². The van der Waals surface area contributed by atoms with Gasteiger partial charge in [-0.2, -0.15) is 5.10 Å². The van der Waals surface area contributed by atoms with Crippen molar-refractivity contribution >= 4 is 18.3 Å². The summed E-state index contributed by atoms with van der Waals surface area (Å²) >= 11 is 0. The molecule has 0 radical (unpaired) electrons. The van der Waals surface area contributed by atoms with Crippen LogP contribution in [-0.2, 0) is 19.5 Å². The number of nitrogens with zero attached hydrogens (tertiary/aromatic N) is 2. The number of aromatic hydroxyl groups is 1. The molecule has 3 N–H and O–H groups in total. The number of H-pyrrole nitrogens is 1. The number of halogens is 1. The summed E-state index contributed by atoms with van der Waals surface area (Å²) in [6.45, 7) is 1.96. The van der Waals surface area contributed by atoms with E-state index in [1.54, 1.807) is 30.1 Å². The van der Waals surface area contributed by atoms with Crippen LogP contribution < -0.4 is 10.1 Å². The lowest BCUT2D eigenvalue weighted by atomic mass is 10.1. The molecule has 0 fully saturated rings. The van der Waals surface area contributed by atoms with E-state index in [-0.39, 0.29) is 24.1 Å². The molecule has 0 saturated heterocycles. The second kappa shape index (κ2) is 7.55. The van der Waals surface area contributed by atoms with Crippen LogP contribution in [0.1, 0.15) is 27.3 Å². The Balaban J connectivity index is 0.00000208. The van der Waals surface area contributed by atoms with Gasteiger partial charge < -0.3 is 20.1 Å². The summed E-state index contributed by atoms with van der Waals surface area (Å²) < 4.78 is 5.10. The molecule has 1 aliphatic rings. The molecule has 7 nitrogen and oxygen atoms in total. The number of ether oxygens (including phenoxy) is 1. The first kappa shape index (κ1) is 18.1. The van der Waals surface area contributed by atoms with Crippen LogP contribution in [0.5, 0.6) is 11.5 Å². The first-order valence-electron chi connectivity index (χ1n) is 7.48. The van der Waals surface area contributed by atoms with Crippen LogP contribution in [0.2, 0.25) is 0 Å². The Bertz CT molecular complexity index is 732. The Morgan fingerprint density at radius 3 is 3.00 bits per heavy atom. The number of benzene rings is 1. The summed E-state index contributed by atoms with van der Waals surface area (Å²) in [7, 11) is 3.23. The first-order chi connectivity index (χ1) is 11.1. The predicted molar refractivity (Wildman–Crippen MR) is 91.7 cm³/mol. The topological polar surface area (TPSA) is 90.5 Å². The molecule has 0 atom stereocenters. The second-order valence-electron chi connectivity index (χ2n) is 5.62. The molecule has 1 aliphatic heterocycles. The molecule has 1 aromatic carbocycles. The van der Waals surface area contributed by atoms with E-state index in [2.05, 4.69) is 15.5 Å². The van der Waals surface area contributed by atoms with Gasteiger partial charge in [0, 0.05) is 44.4 Å². The van der Waals surface area contributed by atoms with Crippen molar-refractivity contribution in [2.75, 3.05) is 20.7 Å². The summed E-state index contributed by atoms with van der Waals surface area (Å²) in [5, 5.41) is 20.0. The molecule has 1 amide bonds. The number of amides is 1. The highest BCUT2D eigenvalue weighted by Crippen LogP contribution is 2.27. The highest BCUT2D eigenvalue weighted by molar-refractivity contribution is 5.93. The van der Waals surface area contributed by atoms with E-state index < -0.39 is 0 Å². The van der Waals surface area contributed by atoms with Gasteiger partial charge in [-0.25, -0.2) is 0 Å². The molecule has 3 rings (SSSR count). The predicted octanol–water partition coefficient (Wildman–Crippen LogP) is 1.46. The van der Waals surface area contributed by atoms with Crippen LogP contribution in [0.3, 0.4) is 0 Å². The molecule has 130 valence electrons. The number of hydrogen-bond acceptors (Lipinski definition) is 5. The van der Waals surface area contributed by atoms with Crippen molar-refractivity contribution in [2.24, 2.45) is 0 Å². The van der Waals surface area contributed by atoms with E-state index in [1.807, 2.05) is 0 Å². The van der Waals surface area contributed by atoms with Gasteiger partial charge in [-0.1, -0.05) is 6.07 Å². The maximum Gasteiger partial charge on any atom is 0.274 e. The molecular weight excluding hydrogens is 332 g/mol. The number of phenols is 1. The maximum atomic E-state index is 12.6. The van der Waals surface area contributed by atoms with Gasteiger partial charge in [-0.15, -0.1) is 12.4 Å². The van der Waals surface area contributed by atoms with Gasteiger partial charge in [0.15, 0.2) is 17.2 Å². The fourth-order valence-electron chi connectivity index (χ4n) is 2.75. The summed E-state index contributed by atoms with van der Waals surface area (Å²) in [6.07, 6.45) is 0.856. The van der Waals surface area contributed by atoms with Crippen LogP contribution in [0, 0.1) is 0 Å². The number of aromatic nitrogens is 2. The summed E-state index contributed by atoms with van der Waals surface area (Å²) in [5.74, 6) is 0.348. The molecule has 1 aromatic heterocycles. The molecule has 0 aliphatic carbocycles. The third-order valence-corrected chi connectivity index (χ3v) is 4.02. The number of hydrogen-bond donors (Lipinski definition) is 3. The van der Waals surface area contributed by atoms with Crippen LogP contribution in [0.15, 0.2) is 18.2 Å². The lowest BCUT2D eigenvalue weighted by molar-refractivity contribution is 0.0778. The lowest BCUT2D eigenvalue weighted by Gasteiger charge is -2.19. The minimum absolute atomic E-state index is 0. The molecule has 0 saturated carbocycles. The number of fused-ring (bicyclic) bond motifs is 1. The van der Waals surface area contributed by atoms with Crippen molar-refractivity contribution in [3.8, 4) is 11.5 Å². The minimum Gasteiger partial charge on any atom is -0.504 e. The normalized spacial score (nSPS) is 12.9. The fraction of sp³-hybridized carbons (Fsp3) is 0.375. The van der Waals surface area contributed by atoms with Gasteiger partial charge in [-0.3, -0.25) is 9.89 Å². The number of carbonyl (C=O) groups is 1. The quantitative estimate of drug-likeness (QED) is 0.775. The Morgan fingerprint density at radius 2 is 2.25 bits per heavy atom. The maximum absolute atomic E-state index is 12.6. The molecule has 2 aromatic rings. The summed E-state index contributed by atoms with van der Waals surface area (Å²) in [5.41, 5.74) is 3.33. The third kappa shape index (κ3) is 3.47. The smallest absolute Gasteiger partial charge is 0.274 e. The first-order valence-corrected chi connectivity index (χ1v) is 7.48. The number of aromatic amines is 1. The standard InChI is InChI=1S/C16H20N4O3.ClH/c1-20(9-10-3-4-13(21)14(7-10)23-2)16(22)15-11-8-17-6-5-12(11)18-19-15;/h3-4,7,17,21H,5-6,8-9H2,1-2H3,(H,18,19);1H. The summed E-state index contributed by atoms with van der Waals surface area (Å²) in [6, 6.07) is 5.05. The minimum atomic E-state index is -0.127. The van der Waals surface area contributed by atoms with Crippen molar-refractivity contribution in [3.05, 3.63) is 40.7 Å². The fourth-order valence-corrected chi connectivity index (χ4v) is 2.75. The monoisotopic (exact) mass is 352 g/mol. The van der Waals surface area contributed by atoms with E-state index in [0.29, 0.717) is 24.5 Å². The van der Waals surface area contributed by atoms with E-state index in [1.165, 1.54) is 7.11 Å². The SMILES string of the molecule is COc1cc(CN(C)C(=O)c2n[nH]c3c2CNCC3)ccc1O.Cl. The molecule has 0 unspecified atom stereocenters. The second-order valence-corrected chi connectivity index (χ2v) is 5.62. The van der Waals surface area contributed by atoms with Crippen LogP contribution in [0.4, 0.5) is 0 Å². The molecular formula is C16H21ClN4O3. The van der Waals surface area contributed by atoms with Crippen molar-refractivity contribution in [1.29, 1.82) is 0 Å². The van der Waals surface area contributed by atoms with E-state index in [4.69, 9.17) is 4.74 Å². The number of methoxy groups -OCH3 is 1. The van der Waals surface area contributed by atoms with Crippen molar-refractivity contribution in [1.82, 2.24) is 20.4 Å². The van der Waals surface area contributed by atoms with Crippen molar-refractivity contribution in [3.63, 3.8) is 0 Å². The van der Waals surface area contributed by atoms with Crippen LogP contribution in [0.25, 0.3) is 0 Å². The lowest BCUT2D eigenvalue weighted by Crippen LogP contribution is -2.30. The van der Waals surface area contributed by atoms with Gasteiger partial charge >= 0.3 is 0 Å². The highest BCUT2D eigenvalue weighted by atomic mass is 35.5. The van der Waals surface area contributed by atoms with E-state index in [9.17, 15) is 9.90 Å². The zero-order valence-electron chi connectivity index (χ0n) is 13.6. The van der Waals surface area contributed by atoms with Gasteiger partial charge in [0.25, 0.3) is 5.91 Å². The van der Waals surface area contributed by atoms with Gasteiger partial charge in [-0.05, 0) is 17.7 Å². The van der Waals surface area contributed by atoms with Crippen LogP contribution >= 0.6 is 12.4 Å². The largest absolute Gasteiger partial charge is 0.504 e. The summed E-state index contributed by atoms with van der Waals surface area (Å²) in [4.78, 5) is 14.2. The molecule has 0 spiro atoms. The van der Waals surface area contributed by atoms with E-state index in [0.717, 1.165) is 29.8 Å². The number of rotatable bonds is 4. The average molecular weight is 353 g/mol. The van der Waals surface area contributed by atoms with Crippen LogP contribution in [-0.4, -0.2) is 46.8 Å². The Morgan fingerprint density at radius 1 is 1.46 bits per heavy atom. The zero-order chi connectivity index (χ0) is 16.4. The van der Waals surface area contributed by atoms with Gasteiger partial charge in [0.2, 0.25) is 0 Å². The average Bonchev–Trinajstić information content (AvgIpc) is 2.99. The zero-order valence-corrected chi connectivity index (χ0v) is 14.4. The number of nitrogens with one attached hydrogen (secondary N) is 2. The Kier molecular flexibility index (Phi) is 5.69. The molecule has 8 heteroatoms. The third-order valence-electron chi connectivity index (χ3n) is 4.02. The van der Waals surface area contributed by atoms with E-state index >= 15 is 0 Å². The van der Waals surface area contributed by atoms with Crippen molar-refractivity contribution in [2.45, 2.75) is 19.5 Å². The molecule has 24 heavy (non-hydrogen) atoms. The molecule has 2 heterocycles. The number of carbonyl (C=O) groups excluding carboxylic acids is 1. The number of phenolic OH excluding ortho intramolecular Hbond substituents is 1. The molecule has 0 bridgehead atoms. The van der Waals surface area contributed by atoms with Gasteiger partial charge in [0.1, 0.15) is 0 Å². The Labute approximate surface area is 146 Å².